The molecule has 0 aliphatic rings. The maximum atomic E-state index is 9.24. The van der Waals surface area contributed by atoms with Gasteiger partial charge >= 0.3 is 6.16 Å². The number of rotatable bonds is 0. The van der Waals surface area contributed by atoms with E-state index in [0.29, 0.717) is 0 Å². The van der Waals surface area contributed by atoms with Gasteiger partial charge in [-0.25, -0.2) is 0 Å². The van der Waals surface area contributed by atoms with E-state index in [0.717, 1.165) is 0 Å². The molecule has 0 spiro atoms. The highest BCUT2D eigenvalue weighted by Gasteiger charge is 1.95. The second-order valence-electron chi connectivity index (χ2n) is 0.433. The van der Waals surface area contributed by atoms with Gasteiger partial charge in [0, 0.05) is 0 Å². The lowest BCUT2D eigenvalue weighted by Crippen LogP contribution is -1.99. The van der Waals surface area contributed by atoms with Crippen LogP contribution in [0.25, 0.3) is 0 Å². The number of hydrogen-bond acceptors (Lipinski definition) is 5. The molecule has 10 heteroatoms. The lowest BCUT2D eigenvalue weighted by Gasteiger charge is -1.83. The average molecular weight is 184 g/mol. The van der Waals surface area contributed by atoms with Crippen LogP contribution < -0.4 is 0 Å². The summed E-state index contributed by atoms with van der Waals surface area (Å²) in [4.78, 5) is 14.8. The minimum Gasteiger partial charge on any atom is -0.412 e. The van der Waals surface area contributed by atoms with Crippen LogP contribution in [0.4, 0.5) is 4.79 Å². The van der Waals surface area contributed by atoms with Gasteiger partial charge in [-0.05, 0) is 0 Å². The van der Waals surface area contributed by atoms with Crippen molar-refractivity contribution in [3.05, 3.63) is 0 Å². The van der Waals surface area contributed by atoms with Crippen LogP contribution in [-0.4, -0.2) is 44.1 Å². The molecule has 0 aromatic rings. The van der Waals surface area contributed by atoms with E-state index in [1.165, 1.54) is 0 Å². The third-order valence-corrected chi connectivity index (χ3v) is 0.149. The molecule has 0 bridgehead atoms. The highest BCUT2D eigenvalue weighted by atomic mass is 17.2. The van der Waals surface area contributed by atoms with Crippen LogP contribution in [0, 0.1) is 0 Å². The molecule has 10 nitrogen and oxygen atoms in total. The van der Waals surface area contributed by atoms with E-state index >= 15 is 0 Å². The summed E-state index contributed by atoms with van der Waals surface area (Å²) in [6.45, 7) is 0. The van der Waals surface area contributed by atoms with Crippen molar-refractivity contribution < 1.29 is 52.5 Å². The molecular formula is CH12O10. The van der Waals surface area contributed by atoms with Crippen molar-refractivity contribution in [2.45, 2.75) is 0 Å². The van der Waals surface area contributed by atoms with E-state index in [1.807, 2.05) is 0 Å². The van der Waals surface area contributed by atoms with Crippen LogP contribution in [0.3, 0.4) is 0 Å². The molecule has 0 saturated carbocycles. The Balaban J connectivity index is -0.0000000125. The highest BCUT2D eigenvalue weighted by molar-refractivity contribution is 5.57. The first-order valence-corrected chi connectivity index (χ1v) is 0.978. The maximum Gasteiger partial charge on any atom is 0.572 e. The summed E-state index contributed by atoms with van der Waals surface area (Å²) in [7, 11) is 0. The van der Waals surface area contributed by atoms with Crippen LogP contribution in [-0.2, 0) is 9.78 Å². The van der Waals surface area contributed by atoms with Gasteiger partial charge in [-0.1, -0.05) is 0 Å². The highest BCUT2D eigenvalue weighted by Crippen LogP contribution is 1.71. The molecule has 12 N–H and O–H groups in total. The SMILES string of the molecule is O.O.O.O.O.O=C(OO)OO. The summed E-state index contributed by atoms with van der Waals surface area (Å²) in [6.07, 6.45) is -1.55. The van der Waals surface area contributed by atoms with Gasteiger partial charge in [0.05, 0.1) is 0 Å². The van der Waals surface area contributed by atoms with Crippen molar-refractivity contribution in [3.8, 4) is 0 Å². The lowest BCUT2D eigenvalue weighted by atomic mass is 11.4. The molecule has 0 fully saturated rings. The van der Waals surface area contributed by atoms with Gasteiger partial charge in [-0.3, -0.25) is 9.78 Å². The van der Waals surface area contributed by atoms with Crippen molar-refractivity contribution >= 4 is 6.16 Å². The molecule has 0 rings (SSSR count). The largest absolute Gasteiger partial charge is 0.572 e. The zero-order valence-corrected chi connectivity index (χ0v) is 5.12. The standard InChI is InChI=1S/CH2O5.5H2O/c2-1(5-3)6-4;;;;;/h3-4H;5*1H2. The van der Waals surface area contributed by atoms with E-state index in [2.05, 4.69) is 9.78 Å². The predicted octanol–water partition coefficient (Wildman–Crippen LogP) is -4.04. The molecule has 76 valence electrons. The third kappa shape index (κ3) is 49.1. The van der Waals surface area contributed by atoms with E-state index < -0.39 is 6.16 Å². The van der Waals surface area contributed by atoms with Crippen LogP contribution in [0.5, 0.6) is 0 Å². The first kappa shape index (κ1) is 50.7. The van der Waals surface area contributed by atoms with Crippen molar-refractivity contribution in [1.82, 2.24) is 0 Å². The first-order valence-electron chi connectivity index (χ1n) is 0.978. The monoisotopic (exact) mass is 184 g/mol. The van der Waals surface area contributed by atoms with Crippen LogP contribution >= 0.6 is 0 Å². The van der Waals surface area contributed by atoms with Gasteiger partial charge in [0.25, 0.3) is 0 Å². The Morgan fingerprint density at radius 1 is 0.818 bits per heavy atom. The molecule has 0 aromatic carbocycles. The minimum atomic E-state index is -1.55. The maximum absolute atomic E-state index is 9.24. The summed E-state index contributed by atoms with van der Waals surface area (Å²) in [6, 6.07) is 0. The van der Waals surface area contributed by atoms with E-state index in [1.54, 1.807) is 0 Å². The minimum absolute atomic E-state index is 0. The number of carbonyl (C=O) groups excluding carboxylic acids is 1. The summed E-state index contributed by atoms with van der Waals surface area (Å²) >= 11 is 0. The second kappa shape index (κ2) is 36.1. The normalized spacial score (nSPS) is 3.82. The quantitative estimate of drug-likeness (QED) is 0.281. The Hall–Kier alpha value is -1.01. The molecule has 0 aromatic heterocycles. The summed E-state index contributed by atoms with van der Waals surface area (Å²) in [5.41, 5.74) is 0. The third-order valence-electron chi connectivity index (χ3n) is 0.149. The summed E-state index contributed by atoms with van der Waals surface area (Å²) < 4.78 is 0. The van der Waals surface area contributed by atoms with Gasteiger partial charge in [0.2, 0.25) is 0 Å². The molecule has 0 unspecified atom stereocenters. The fourth-order valence-corrected chi connectivity index (χ4v) is 0.0167. The van der Waals surface area contributed by atoms with Crippen LogP contribution in [0.2, 0.25) is 0 Å². The topological polar surface area (TPSA) is 233 Å². The summed E-state index contributed by atoms with van der Waals surface area (Å²) in [5.74, 6) is 0. The molecule has 0 aliphatic carbocycles. The fraction of sp³-hybridized carbons (Fsp3) is 0. The molecule has 11 heavy (non-hydrogen) atoms. The first-order chi connectivity index (χ1) is 2.81. The van der Waals surface area contributed by atoms with Gasteiger partial charge in [-0.15, -0.1) is 0 Å². The Morgan fingerprint density at radius 3 is 1.00 bits per heavy atom. The smallest absolute Gasteiger partial charge is 0.412 e. The molecule has 0 amide bonds. The Labute approximate surface area is 60.0 Å². The van der Waals surface area contributed by atoms with Crippen molar-refractivity contribution in [1.29, 1.82) is 0 Å². The van der Waals surface area contributed by atoms with Crippen molar-refractivity contribution in [2.75, 3.05) is 0 Å². The molecular weight excluding hydrogens is 172 g/mol. The average Bonchev–Trinajstić information content (AvgIpc) is 1.65. The van der Waals surface area contributed by atoms with Gasteiger partial charge < -0.3 is 27.4 Å². The van der Waals surface area contributed by atoms with Crippen molar-refractivity contribution in [3.63, 3.8) is 0 Å². The number of hydrogen-bond donors (Lipinski definition) is 2. The summed E-state index contributed by atoms with van der Waals surface area (Å²) in [5, 5.41) is 14.4. The Morgan fingerprint density at radius 2 is 1.00 bits per heavy atom. The lowest BCUT2D eigenvalue weighted by molar-refractivity contribution is -0.270. The zero-order chi connectivity index (χ0) is 4.99. The van der Waals surface area contributed by atoms with Crippen LogP contribution in [0.1, 0.15) is 0 Å². The van der Waals surface area contributed by atoms with Gasteiger partial charge in [-0.2, -0.15) is 15.3 Å². The number of carbonyl (C=O) groups is 1. The molecule has 0 heterocycles. The fourth-order valence-electron chi connectivity index (χ4n) is 0.0167. The van der Waals surface area contributed by atoms with Crippen LogP contribution in [0.15, 0.2) is 0 Å². The van der Waals surface area contributed by atoms with Gasteiger partial charge in [0.15, 0.2) is 0 Å². The molecule has 0 atom stereocenters. The van der Waals surface area contributed by atoms with E-state index in [-0.39, 0.29) is 27.4 Å². The molecule has 0 saturated heterocycles. The van der Waals surface area contributed by atoms with E-state index in [9.17, 15) is 4.79 Å². The second-order valence-corrected chi connectivity index (χ2v) is 0.433. The predicted molar refractivity (Wildman–Crippen MR) is 30.9 cm³/mol. The van der Waals surface area contributed by atoms with Gasteiger partial charge in [0.1, 0.15) is 0 Å². The zero-order valence-electron chi connectivity index (χ0n) is 5.12. The Bertz CT molecular complexity index is 42.8. The molecule has 0 radical (unpaired) electrons. The Kier molecular flexibility index (Phi) is 166. The molecule has 0 aliphatic heterocycles. The van der Waals surface area contributed by atoms with E-state index in [4.69, 9.17) is 10.5 Å². The van der Waals surface area contributed by atoms with Crippen molar-refractivity contribution in [2.24, 2.45) is 0 Å².